The fraction of sp³-hybridized carbons (Fsp3) is 0.300. The van der Waals surface area contributed by atoms with Gasteiger partial charge in [0.1, 0.15) is 17.2 Å². The molecule has 1 N–H and O–H groups in total. The summed E-state index contributed by atoms with van der Waals surface area (Å²) in [7, 11) is -5.87. The number of phenols is 1. The van der Waals surface area contributed by atoms with Crippen LogP contribution in [0.15, 0.2) is 18.2 Å². The molecule has 0 aliphatic rings. The van der Waals surface area contributed by atoms with Crippen molar-refractivity contribution >= 4 is 16.1 Å². The molecule has 0 atom stereocenters. The molecule has 10 heteroatoms. The lowest BCUT2D eigenvalue weighted by Crippen LogP contribution is -2.28. The van der Waals surface area contributed by atoms with Gasteiger partial charge in [0, 0.05) is 24.6 Å². The molecule has 0 amide bonds. The molecular formula is C10H9F3O6S. The fourth-order valence-corrected chi connectivity index (χ4v) is 1.49. The number of halogens is 3. The summed E-state index contributed by atoms with van der Waals surface area (Å²) in [5.41, 5.74) is -5.61. The normalized spacial score (nSPS) is 12.0. The molecule has 20 heavy (non-hydrogen) atoms. The molecule has 0 spiro atoms. The number of esters is 1. The van der Waals surface area contributed by atoms with E-state index in [1.54, 1.807) is 0 Å². The number of carbonyl (C=O) groups excluding carboxylic acids is 1. The van der Waals surface area contributed by atoms with Gasteiger partial charge >= 0.3 is 21.6 Å². The smallest absolute Gasteiger partial charge is 0.508 e. The molecule has 112 valence electrons. The van der Waals surface area contributed by atoms with E-state index < -0.39 is 33.1 Å². The van der Waals surface area contributed by atoms with Crippen LogP contribution < -0.4 is 8.92 Å². The number of aromatic hydroxyl groups is 1. The Hall–Kier alpha value is -1.97. The second kappa shape index (κ2) is 5.57. The van der Waals surface area contributed by atoms with Crippen LogP contribution in [0.25, 0.3) is 0 Å². The highest BCUT2D eigenvalue weighted by Gasteiger charge is 2.48. The van der Waals surface area contributed by atoms with Crippen molar-refractivity contribution in [1.82, 2.24) is 0 Å². The maximum Gasteiger partial charge on any atom is 0.534 e. The number of phenolic OH excluding ortho intramolecular Hbond substituents is 1. The first kappa shape index (κ1) is 16.1. The summed E-state index contributed by atoms with van der Waals surface area (Å²) < 4.78 is 66.4. The molecule has 0 aromatic heterocycles. The summed E-state index contributed by atoms with van der Waals surface area (Å²) in [5.74, 6) is -2.52. The molecule has 0 unspecified atom stereocenters. The molecule has 1 aromatic carbocycles. The van der Waals surface area contributed by atoms with Crippen LogP contribution in [-0.2, 0) is 14.9 Å². The lowest BCUT2D eigenvalue weighted by Gasteiger charge is -2.11. The Labute approximate surface area is 111 Å². The van der Waals surface area contributed by atoms with Gasteiger partial charge in [0.25, 0.3) is 0 Å². The Morgan fingerprint density at radius 1 is 1.25 bits per heavy atom. The first-order valence-corrected chi connectivity index (χ1v) is 6.51. The monoisotopic (exact) mass is 314 g/mol. The zero-order chi connectivity index (χ0) is 15.6. The minimum absolute atomic E-state index is 0.0211. The van der Waals surface area contributed by atoms with Gasteiger partial charge in [-0.25, -0.2) is 0 Å². The quantitative estimate of drug-likeness (QED) is 0.395. The van der Waals surface area contributed by atoms with Crippen LogP contribution in [0.1, 0.15) is 13.3 Å². The summed E-state index contributed by atoms with van der Waals surface area (Å²) in [6.07, 6.45) is -0.0211. The van der Waals surface area contributed by atoms with Crippen molar-refractivity contribution in [3.8, 4) is 17.2 Å². The number of benzene rings is 1. The van der Waals surface area contributed by atoms with Crippen molar-refractivity contribution in [2.45, 2.75) is 18.9 Å². The third-order valence-electron chi connectivity index (χ3n) is 1.87. The van der Waals surface area contributed by atoms with E-state index in [0.717, 1.165) is 12.1 Å². The van der Waals surface area contributed by atoms with Gasteiger partial charge in [0.15, 0.2) is 0 Å². The minimum Gasteiger partial charge on any atom is -0.508 e. The summed E-state index contributed by atoms with van der Waals surface area (Å²) in [6.45, 7) is 1.47. The lowest BCUT2D eigenvalue weighted by atomic mass is 10.3. The van der Waals surface area contributed by atoms with Crippen molar-refractivity contribution in [2.24, 2.45) is 0 Å². The standard InChI is InChI=1S/C10H9F3O6S/c1-2-9(15)18-7-3-6(14)4-8(5-7)19-20(16,17)10(11,12)13/h3-5,14H,2H2,1H3. The molecule has 0 saturated heterocycles. The average molecular weight is 314 g/mol. The molecule has 1 aromatic rings. The molecule has 0 aliphatic carbocycles. The van der Waals surface area contributed by atoms with E-state index in [-0.39, 0.29) is 12.2 Å². The molecular weight excluding hydrogens is 305 g/mol. The van der Waals surface area contributed by atoms with Gasteiger partial charge in [-0.1, -0.05) is 6.92 Å². The number of hydrogen-bond donors (Lipinski definition) is 1. The predicted molar refractivity (Wildman–Crippen MR) is 59.6 cm³/mol. The second-order valence-corrected chi connectivity index (χ2v) is 5.01. The Kier molecular flexibility index (Phi) is 4.48. The third-order valence-corrected chi connectivity index (χ3v) is 2.85. The van der Waals surface area contributed by atoms with E-state index in [0.29, 0.717) is 6.07 Å². The van der Waals surface area contributed by atoms with Crippen LogP contribution in [0.4, 0.5) is 13.2 Å². The molecule has 0 heterocycles. The number of hydrogen-bond acceptors (Lipinski definition) is 6. The fourth-order valence-electron chi connectivity index (χ4n) is 1.04. The van der Waals surface area contributed by atoms with Gasteiger partial charge in [0.2, 0.25) is 0 Å². The van der Waals surface area contributed by atoms with E-state index in [4.69, 9.17) is 0 Å². The summed E-state index contributed by atoms with van der Waals surface area (Å²) in [6, 6.07) is 2.28. The maximum absolute atomic E-state index is 12.1. The molecule has 0 radical (unpaired) electrons. The maximum atomic E-state index is 12.1. The first-order valence-electron chi connectivity index (χ1n) is 5.10. The van der Waals surface area contributed by atoms with Gasteiger partial charge < -0.3 is 14.0 Å². The Balaban J connectivity index is 3.06. The van der Waals surface area contributed by atoms with Crippen LogP contribution in [0, 0.1) is 0 Å². The number of rotatable bonds is 4. The summed E-state index contributed by atoms with van der Waals surface area (Å²) >= 11 is 0. The average Bonchev–Trinajstić information content (AvgIpc) is 2.25. The highest BCUT2D eigenvalue weighted by atomic mass is 32.2. The van der Waals surface area contributed by atoms with Gasteiger partial charge in [-0.15, -0.1) is 0 Å². The van der Waals surface area contributed by atoms with Gasteiger partial charge in [0.05, 0.1) is 0 Å². The Morgan fingerprint density at radius 3 is 2.30 bits per heavy atom. The van der Waals surface area contributed by atoms with Crippen LogP contribution in [0.5, 0.6) is 17.2 Å². The van der Waals surface area contributed by atoms with Crippen LogP contribution in [0.3, 0.4) is 0 Å². The van der Waals surface area contributed by atoms with E-state index in [1.165, 1.54) is 6.92 Å². The van der Waals surface area contributed by atoms with Gasteiger partial charge in [-0.2, -0.15) is 21.6 Å². The van der Waals surface area contributed by atoms with Crippen molar-refractivity contribution < 1.29 is 40.4 Å². The zero-order valence-corrected chi connectivity index (χ0v) is 10.8. The summed E-state index contributed by atoms with van der Waals surface area (Å²) in [4.78, 5) is 11.0. The number of ether oxygens (including phenoxy) is 1. The Bertz CT molecular complexity index is 608. The van der Waals surface area contributed by atoms with Crippen molar-refractivity contribution in [3.63, 3.8) is 0 Å². The van der Waals surface area contributed by atoms with Gasteiger partial charge in [-0.3, -0.25) is 4.79 Å². The summed E-state index contributed by atoms with van der Waals surface area (Å²) in [5, 5.41) is 9.23. The predicted octanol–water partition coefficient (Wildman–Crippen LogP) is 1.94. The zero-order valence-electron chi connectivity index (χ0n) is 9.97. The number of alkyl halides is 3. The molecule has 0 aliphatic heterocycles. The van der Waals surface area contributed by atoms with Crippen molar-refractivity contribution in [2.75, 3.05) is 0 Å². The van der Waals surface area contributed by atoms with Gasteiger partial charge in [-0.05, 0) is 0 Å². The number of carbonyl (C=O) groups is 1. The molecule has 0 bridgehead atoms. The van der Waals surface area contributed by atoms with E-state index in [2.05, 4.69) is 8.92 Å². The van der Waals surface area contributed by atoms with Crippen molar-refractivity contribution in [3.05, 3.63) is 18.2 Å². The van der Waals surface area contributed by atoms with Crippen LogP contribution in [-0.4, -0.2) is 25.0 Å². The van der Waals surface area contributed by atoms with Crippen LogP contribution in [0.2, 0.25) is 0 Å². The third kappa shape index (κ3) is 4.02. The largest absolute Gasteiger partial charge is 0.534 e. The molecule has 0 fully saturated rings. The van der Waals surface area contributed by atoms with E-state index >= 15 is 0 Å². The molecule has 0 saturated carbocycles. The van der Waals surface area contributed by atoms with Crippen molar-refractivity contribution in [1.29, 1.82) is 0 Å². The highest BCUT2D eigenvalue weighted by molar-refractivity contribution is 7.88. The topological polar surface area (TPSA) is 89.9 Å². The SMILES string of the molecule is CCC(=O)Oc1cc(O)cc(OS(=O)(=O)C(F)(F)F)c1. The molecule has 1 rings (SSSR count). The van der Waals surface area contributed by atoms with Crippen LogP contribution >= 0.6 is 0 Å². The highest BCUT2D eigenvalue weighted by Crippen LogP contribution is 2.31. The Morgan fingerprint density at radius 2 is 1.80 bits per heavy atom. The second-order valence-electron chi connectivity index (χ2n) is 3.47. The minimum atomic E-state index is -5.87. The van der Waals surface area contributed by atoms with E-state index in [9.17, 15) is 31.5 Å². The molecule has 6 nitrogen and oxygen atoms in total. The first-order chi connectivity index (χ1) is 9.05. The lowest BCUT2D eigenvalue weighted by molar-refractivity contribution is -0.134. The van der Waals surface area contributed by atoms with E-state index in [1.807, 2.05) is 0 Å².